The maximum Gasteiger partial charge on any atom is 0.308 e. The van der Waals surface area contributed by atoms with Crippen LogP contribution in [-0.4, -0.2) is 31.9 Å². The lowest BCUT2D eigenvalue weighted by molar-refractivity contribution is -0.141. The summed E-state index contributed by atoms with van der Waals surface area (Å²) in [7, 11) is 2.85. The Morgan fingerprint density at radius 3 is 2.65 bits per heavy atom. The molecule has 0 unspecified atom stereocenters. The summed E-state index contributed by atoms with van der Waals surface area (Å²) in [6.07, 6.45) is 0.182. The summed E-state index contributed by atoms with van der Waals surface area (Å²) in [6, 6.07) is 5.12. The largest absolute Gasteiger partial charge is 0.493 e. The van der Waals surface area contributed by atoms with Crippen molar-refractivity contribution in [2.45, 2.75) is 13.0 Å². The zero-order valence-electron chi connectivity index (χ0n) is 9.93. The van der Waals surface area contributed by atoms with Crippen molar-refractivity contribution in [2.75, 3.05) is 20.8 Å². The fraction of sp³-hybridized carbons (Fsp3) is 0.417. The van der Waals surface area contributed by atoms with E-state index in [1.807, 2.05) is 0 Å². The molecule has 1 N–H and O–H groups in total. The van der Waals surface area contributed by atoms with Gasteiger partial charge in [0.15, 0.2) is 11.5 Å². The molecule has 0 bridgehead atoms. The summed E-state index contributed by atoms with van der Waals surface area (Å²) < 4.78 is 15.0. The van der Waals surface area contributed by atoms with Crippen molar-refractivity contribution in [2.24, 2.45) is 0 Å². The number of rotatable bonds is 6. The van der Waals surface area contributed by atoms with Crippen molar-refractivity contribution >= 4 is 5.97 Å². The molecule has 0 fully saturated rings. The molecule has 94 valence electrons. The molecule has 1 aromatic rings. The van der Waals surface area contributed by atoms with Crippen molar-refractivity contribution in [3.05, 3.63) is 23.8 Å². The van der Waals surface area contributed by atoms with E-state index in [1.54, 1.807) is 18.2 Å². The number of esters is 1. The van der Waals surface area contributed by atoms with Gasteiger partial charge >= 0.3 is 5.97 Å². The van der Waals surface area contributed by atoms with Crippen molar-refractivity contribution in [1.82, 2.24) is 0 Å². The van der Waals surface area contributed by atoms with Gasteiger partial charge in [0.25, 0.3) is 0 Å². The third kappa shape index (κ3) is 3.96. The number of carbonyl (C=O) groups excluding carboxylic acids is 1. The summed E-state index contributed by atoms with van der Waals surface area (Å²) in [6.45, 7) is 0.167. The second-order valence-electron chi connectivity index (χ2n) is 3.32. The number of benzene rings is 1. The predicted molar refractivity (Wildman–Crippen MR) is 61.0 cm³/mol. The van der Waals surface area contributed by atoms with Crippen LogP contribution in [0.4, 0.5) is 0 Å². The Morgan fingerprint density at radius 2 is 2.06 bits per heavy atom. The summed E-state index contributed by atoms with van der Waals surface area (Å²) >= 11 is 0. The molecule has 5 heteroatoms. The van der Waals surface area contributed by atoms with E-state index in [0.29, 0.717) is 11.5 Å². The minimum Gasteiger partial charge on any atom is -0.493 e. The third-order valence-corrected chi connectivity index (χ3v) is 2.20. The Kier molecular flexibility index (Phi) is 5.29. The van der Waals surface area contributed by atoms with Gasteiger partial charge in [-0.2, -0.15) is 0 Å². The van der Waals surface area contributed by atoms with E-state index < -0.39 is 0 Å². The first-order chi connectivity index (χ1) is 8.21. The van der Waals surface area contributed by atoms with Crippen LogP contribution >= 0.6 is 0 Å². The number of hydrogen-bond donors (Lipinski definition) is 1. The van der Waals surface area contributed by atoms with Crippen molar-refractivity contribution in [3.63, 3.8) is 0 Å². The van der Waals surface area contributed by atoms with Gasteiger partial charge in [0.1, 0.15) is 0 Å². The van der Waals surface area contributed by atoms with Crippen molar-refractivity contribution in [1.29, 1.82) is 0 Å². The minimum absolute atomic E-state index is 0.0567. The lowest BCUT2D eigenvalue weighted by Gasteiger charge is -2.11. The first kappa shape index (κ1) is 13.3. The van der Waals surface area contributed by atoms with E-state index in [1.165, 1.54) is 14.2 Å². The van der Waals surface area contributed by atoms with Crippen molar-refractivity contribution < 1.29 is 24.1 Å². The quantitative estimate of drug-likeness (QED) is 0.755. The van der Waals surface area contributed by atoms with Gasteiger partial charge in [0.2, 0.25) is 0 Å². The van der Waals surface area contributed by atoms with Crippen LogP contribution < -0.4 is 9.47 Å². The molecule has 0 aliphatic heterocycles. The highest BCUT2D eigenvalue weighted by Crippen LogP contribution is 2.28. The molecule has 0 radical (unpaired) electrons. The average molecular weight is 240 g/mol. The average Bonchev–Trinajstić information content (AvgIpc) is 2.38. The molecule has 1 aromatic carbocycles. The van der Waals surface area contributed by atoms with E-state index in [9.17, 15) is 4.79 Å². The van der Waals surface area contributed by atoms with Crippen LogP contribution in [0.1, 0.15) is 12.0 Å². The van der Waals surface area contributed by atoms with E-state index >= 15 is 0 Å². The summed E-state index contributed by atoms with van der Waals surface area (Å²) in [5.41, 5.74) is 0.738. The van der Waals surface area contributed by atoms with Crippen LogP contribution in [0.2, 0.25) is 0 Å². The molecular formula is C12H16O5. The smallest absolute Gasteiger partial charge is 0.308 e. The van der Waals surface area contributed by atoms with Gasteiger partial charge in [-0.05, 0) is 17.7 Å². The Balaban J connectivity index is 2.61. The van der Waals surface area contributed by atoms with Crippen LogP contribution in [0.3, 0.4) is 0 Å². The highest BCUT2D eigenvalue weighted by molar-refractivity contribution is 5.69. The lowest BCUT2D eigenvalue weighted by Crippen LogP contribution is -2.08. The first-order valence-corrected chi connectivity index (χ1v) is 5.18. The van der Waals surface area contributed by atoms with E-state index in [0.717, 1.165) is 5.56 Å². The molecule has 5 nitrogen and oxygen atoms in total. The summed E-state index contributed by atoms with van der Waals surface area (Å²) in [5.74, 6) is 0.742. The Bertz CT molecular complexity index is 375. The van der Waals surface area contributed by atoms with Gasteiger partial charge in [-0.1, -0.05) is 6.07 Å². The number of aliphatic hydroxyl groups is 1. The Hall–Kier alpha value is -1.75. The molecule has 0 atom stereocenters. The summed E-state index contributed by atoms with van der Waals surface area (Å²) in [5, 5.41) is 8.97. The molecule has 0 saturated heterocycles. The number of hydrogen-bond acceptors (Lipinski definition) is 5. The Labute approximate surface area is 99.9 Å². The molecule has 0 saturated carbocycles. The maximum atomic E-state index is 10.9. The summed E-state index contributed by atoms with van der Waals surface area (Å²) in [4.78, 5) is 10.9. The van der Waals surface area contributed by atoms with Crippen LogP contribution in [0.5, 0.6) is 11.5 Å². The fourth-order valence-corrected chi connectivity index (χ4v) is 1.28. The van der Waals surface area contributed by atoms with Gasteiger partial charge in [0, 0.05) is 0 Å². The second-order valence-corrected chi connectivity index (χ2v) is 3.32. The Morgan fingerprint density at radius 1 is 1.29 bits per heavy atom. The molecule has 0 heterocycles. The van der Waals surface area contributed by atoms with Gasteiger partial charge in [-0.15, -0.1) is 0 Å². The number of methoxy groups -OCH3 is 2. The number of carbonyl (C=O) groups is 1. The van der Waals surface area contributed by atoms with E-state index in [-0.39, 0.29) is 25.6 Å². The first-order valence-electron chi connectivity index (χ1n) is 5.18. The molecule has 17 heavy (non-hydrogen) atoms. The van der Waals surface area contributed by atoms with Gasteiger partial charge in [-0.25, -0.2) is 0 Å². The maximum absolute atomic E-state index is 10.9. The van der Waals surface area contributed by atoms with E-state index in [4.69, 9.17) is 14.6 Å². The zero-order valence-corrected chi connectivity index (χ0v) is 9.93. The lowest BCUT2D eigenvalue weighted by atomic mass is 10.2. The molecule has 0 amide bonds. The molecule has 0 aliphatic carbocycles. The molecular weight excluding hydrogens is 224 g/mol. The SMILES string of the molecule is COC(=O)CCOc1ccc(CO)cc1OC. The van der Waals surface area contributed by atoms with Crippen LogP contribution in [0, 0.1) is 0 Å². The molecule has 0 aliphatic rings. The fourth-order valence-electron chi connectivity index (χ4n) is 1.28. The second kappa shape index (κ2) is 6.75. The topological polar surface area (TPSA) is 65.0 Å². The van der Waals surface area contributed by atoms with Crippen LogP contribution in [-0.2, 0) is 16.1 Å². The van der Waals surface area contributed by atoms with Gasteiger partial charge in [0.05, 0.1) is 33.9 Å². The molecule has 0 spiro atoms. The number of ether oxygens (including phenoxy) is 3. The van der Waals surface area contributed by atoms with E-state index in [2.05, 4.69) is 4.74 Å². The highest BCUT2D eigenvalue weighted by Gasteiger charge is 2.07. The van der Waals surface area contributed by atoms with Crippen LogP contribution in [0.15, 0.2) is 18.2 Å². The van der Waals surface area contributed by atoms with Crippen molar-refractivity contribution in [3.8, 4) is 11.5 Å². The minimum atomic E-state index is -0.323. The van der Waals surface area contributed by atoms with Crippen LogP contribution in [0.25, 0.3) is 0 Å². The molecule has 1 rings (SSSR count). The zero-order chi connectivity index (χ0) is 12.7. The molecule has 0 aromatic heterocycles. The normalized spacial score (nSPS) is 9.82. The highest BCUT2D eigenvalue weighted by atomic mass is 16.5. The predicted octanol–water partition coefficient (Wildman–Crippen LogP) is 1.13. The number of aliphatic hydroxyl groups excluding tert-OH is 1. The van der Waals surface area contributed by atoms with Gasteiger partial charge < -0.3 is 19.3 Å². The monoisotopic (exact) mass is 240 g/mol. The third-order valence-electron chi connectivity index (χ3n) is 2.20. The standard InChI is InChI=1S/C12H16O5/c1-15-11-7-9(8-13)3-4-10(11)17-6-5-12(14)16-2/h3-4,7,13H,5-6,8H2,1-2H3. The van der Waals surface area contributed by atoms with Gasteiger partial charge in [-0.3, -0.25) is 4.79 Å².